The predicted molar refractivity (Wildman–Crippen MR) is 73.2 cm³/mol. The molecule has 0 heterocycles. The second-order valence-corrected chi connectivity index (χ2v) is 5.48. The molecule has 1 N–H and O–H groups in total. The van der Waals surface area contributed by atoms with E-state index in [-0.39, 0.29) is 5.91 Å². The van der Waals surface area contributed by atoms with Crippen LogP contribution in [-0.2, 0) is 4.79 Å². The molecule has 1 aromatic carbocycles. The molecule has 16 heavy (non-hydrogen) atoms. The summed E-state index contributed by atoms with van der Waals surface area (Å²) in [7, 11) is 0. The number of hydrogen-bond donors (Lipinski definition) is 1. The number of benzene rings is 1. The number of rotatable bonds is 6. The summed E-state index contributed by atoms with van der Waals surface area (Å²) in [5.74, 6) is 1.09. The van der Waals surface area contributed by atoms with Gasteiger partial charge in [0, 0.05) is 21.8 Å². The number of carbonyl (C=O) groups is 1. The summed E-state index contributed by atoms with van der Waals surface area (Å²) in [6.07, 6.45) is 0.816. The van der Waals surface area contributed by atoms with Crippen molar-refractivity contribution >= 4 is 45.2 Å². The first-order chi connectivity index (χ1) is 7.72. The molecule has 0 unspecified atom stereocenters. The molecule has 0 bridgehead atoms. The van der Waals surface area contributed by atoms with Crippen LogP contribution in [0.3, 0.4) is 0 Å². The molecular weight excluding hydrogens is 310 g/mol. The number of nitrogens with one attached hydrogen (secondary N) is 1. The first kappa shape index (κ1) is 13.9. The molecule has 1 aromatic rings. The van der Waals surface area contributed by atoms with E-state index in [1.807, 2.05) is 24.3 Å². The molecule has 1 amide bonds. The van der Waals surface area contributed by atoms with E-state index in [1.54, 1.807) is 0 Å². The van der Waals surface area contributed by atoms with Crippen LogP contribution in [-0.4, -0.2) is 24.1 Å². The molecule has 0 spiro atoms. The minimum atomic E-state index is 0.0537. The van der Waals surface area contributed by atoms with Gasteiger partial charge < -0.3 is 5.32 Å². The van der Waals surface area contributed by atoms with Crippen LogP contribution in [0.5, 0.6) is 0 Å². The second-order valence-electron chi connectivity index (χ2n) is 3.14. The Morgan fingerprint density at radius 1 is 1.38 bits per heavy atom. The van der Waals surface area contributed by atoms with Crippen molar-refractivity contribution in [3.8, 4) is 0 Å². The zero-order valence-corrected chi connectivity index (χ0v) is 11.9. The molecule has 2 nitrogen and oxygen atoms in total. The van der Waals surface area contributed by atoms with Crippen LogP contribution in [0.25, 0.3) is 0 Å². The Morgan fingerprint density at radius 2 is 2.06 bits per heavy atom. The Morgan fingerprint density at radius 3 is 2.69 bits per heavy atom. The minimum Gasteiger partial charge on any atom is -0.355 e. The highest BCUT2D eigenvalue weighted by atomic mass is 79.9. The van der Waals surface area contributed by atoms with Crippen LogP contribution >= 0.6 is 39.3 Å². The van der Waals surface area contributed by atoms with E-state index in [9.17, 15) is 4.79 Å². The molecule has 0 aliphatic heterocycles. The van der Waals surface area contributed by atoms with Gasteiger partial charge in [-0.15, -0.1) is 23.4 Å². The lowest BCUT2D eigenvalue weighted by Crippen LogP contribution is -2.26. The van der Waals surface area contributed by atoms with Crippen molar-refractivity contribution in [2.75, 3.05) is 18.2 Å². The molecule has 0 aromatic heterocycles. The smallest absolute Gasteiger partial charge is 0.230 e. The molecule has 5 heteroatoms. The van der Waals surface area contributed by atoms with Gasteiger partial charge in [-0.3, -0.25) is 4.79 Å². The highest BCUT2D eigenvalue weighted by Gasteiger charge is 2.01. The highest BCUT2D eigenvalue weighted by Crippen LogP contribution is 2.20. The largest absolute Gasteiger partial charge is 0.355 e. The number of thioether (sulfide) groups is 1. The van der Waals surface area contributed by atoms with Gasteiger partial charge >= 0.3 is 0 Å². The first-order valence-corrected chi connectivity index (χ1v) is 7.24. The van der Waals surface area contributed by atoms with Crippen LogP contribution in [0.2, 0.25) is 0 Å². The first-order valence-electron chi connectivity index (χ1n) is 4.93. The maximum Gasteiger partial charge on any atom is 0.230 e. The Balaban J connectivity index is 2.23. The molecule has 0 saturated heterocycles. The van der Waals surface area contributed by atoms with Gasteiger partial charge in [-0.2, -0.15) is 0 Å². The molecule has 0 saturated carbocycles. The van der Waals surface area contributed by atoms with Gasteiger partial charge in [-0.05, 0) is 30.7 Å². The summed E-state index contributed by atoms with van der Waals surface area (Å²) in [6.45, 7) is 0.656. The quantitative estimate of drug-likeness (QED) is 0.495. The average Bonchev–Trinajstić information content (AvgIpc) is 2.29. The van der Waals surface area contributed by atoms with E-state index in [0.717, 1.165) is 15.8 Å². The van der Waals surface area contributed by atoms with Crippen molar-refractivity contribution < 1.29 is 4.79 Å². The van der Waals surface area contributed by atoms with E-state index < -0.39 is 0 Å². The molecule has 0 aliphatic carbocycles. The maximum atomic E-state index is 11.4. The standard InChI is InChI=1S/C11H13BrClNOS/c12-9-2-4-10(5-3-9)16-8-11(15)14-7-1-6-13/h2-5H,1,6-8H2,(H,14,15). The van der Waals surface area contributed by atoms with Gasteiger partial charge in [-0.25, -0.2) is 0 Å². The summed E-state index contributed by atoms with van der Waals surface area (Å²) in [6, 6.07) is 7.91. The summed E-state index contributed by atoms with van der Waals surface area (Å²) in [5.41, 5.74) is 0. The van der Waals surface area contributed by atoms with Gasteiger partial charge in [0.1, 0.15) is 0 Å². The molecule has 0 atom stereocenters. The van der Waals surface area contributed by atoms with E-state index in [1.165, 1.54) is 11.8 Å². The average molecular weight is 323 g/mol. The van der Waals surface area contributed by atoms with Crippen molar-refractivity contribution in [1.29, 1.82) is 0 Å². The number of hydrogen-bond acceptors (Lipinski definition) is 2. The molecule has 0 radical (unpaired) electrons. The summed E-state index contributed by atoms with van der Waals surface area (Å²) < 4.78 is 1.04. The Hall–Kier alpha value is -0.190. The normalized spacial score (nSPS) is 10.1. The Kier molecular flexibility index (Phi) is 6.92. The SMILES string of the molecule is O=C(CSc1ccc(Br)cc1)NCCCCl. The lowest BCUT2D eigenvalue weighted by atomic mass is 10.4. The molecule has 1 rings (SSSR count). The highest BCUT2D eigenvalue weighted by molar-refractivity contribution is 9.10. The number of alkyl halides is 1. The third kappa shape index (κ3) is 5.77. The maximum absolute atomic E-state index is 11.4. The predicted octanol–water partition coefficient (Wildman–Crippen LogP) is 3.29. The molecule has 0 fully saturated rings. The fourth-order valence-electron chi connectivity index (χ4n) is 1.03. The lowest BCUT2D eigenvalue weighted by Gasteiger charge is -2.03. The van der Waals surface area contributed by atoms with Crippen molar-refractivity contribution in [1.82, 2.24) is 5.32 Å². The van der Waals surface area contributed by atoms with Crippen LogP contribution in [0.15, 0.2) is 33.6 Å². The van der Waals surface area contributed by atoms with Gasteiger partial charge in [-0.1, -0.05) is 15.9 Å². The number of carbonyl (C=O) groups excluding carboxylic acids is 1. The monoisotopic (exact) mass is 321 g/mol. The van der Waals surface area contributed by atoms with Gasteiger partial charge in [0.2, 0.25) is 5.91 Å². The Labute approximate surface area is 113 Å². The van der Waals surface area contributed by atoms with Gasteiger partial charge in [0.25, 0.3) is 0 Å². The summed E-state index contributed by atoms with van der Waals surface area (Å²) in [5, 5.41) is 2.81. The third-order valence-corrected chi connectivity index (χ3v) is 3.62. The van der Waals surface area contributed by atoms with E-state index >= 15 is 0 Å². The van der Waals surface area contributed by atoms with Crippen LogP contribution in [0, 0.1) is 0 Å². The van der Waals surface area contributed by atoms with Crippen molar-refractivity contribution in [2.45, 2.75) is 11.3 Å². The number of halogens is 2. The Bertz CT molecular complexity index is 331. The summed E-state index contributed by atoms with van der Waals surface area (Å²) in [4.78, 5) is 12.5. The van der Waals surface area contributed by atoms with Gasteiger partial charge in [0.05, 0.1) is 5.75 Å². The van der Waals surface area contributed by atoms with Gasteiger partial charge in [0.15, 0.2) is 0 Å². The molecule has 0 aliphatic rings. The van der Waals surface area contributed by atoms with Crippen molar-refractivity contribution in [3.05, 3.63) is 28.7 Å². The van der Waals surface area contributed by atoms with Crippen molar-refractivity contribution in [3.63, 3.8) is 0 Å². The second kappa shape index (κ2) is 7.98. The fraction of sp³-hybridized carbons (Fsp3) is 0.364. The van der Waals surface area contributed by atoms with Crippen LogP contribution in [0.1, 0.15) is 6.42 Å². The lowest BCUT2D eigenvalue weighted by molar-refractivity contribution is -0.118. The van der Waals surface area contributed by atoms with Crippen LogP contribution in [0.4, 0.5) is 0 Å². The molecular formula is C11H13BrClNOS. The zero-order valence-electron chi connectivity index (χ0n) is 8.71. The fourth-order valence-corrected chi connectivity index (χ4v) is 2.15. The minimum absolute atomic E-state index is 0.0537. The van der Waals surface area contributed by atoms with E-state index in [4.69, 9.17) is 11.6 Å². The zero-order chi connectivity index (χ0) is 11.8. The third-order valence-electron chi connectivity index (χ3n) is 1.82. The topological polar surface area (TPSA) is 29.1 Å². The molecule has 88 valence electrons. The number of amides is 1. The summed E-state index contributed by atoms with van der Waals surface area (Å²) >= 11 is 10.4. The van der Waals surface area contributed by atoms with Crippen LogP contribution < -0.4 is 5.32 Å². The van der Waals surface area contributed by atoms with E-state index in [2.05, 4.69) is 21.2 Å². The van der Waals surface area contributed by atoms with E-state index in [0.29, 0.717) is 18.2 Å². The van der Waals surface area contributed by atoms with Crippen molar-refractivity contribution in [2.24, 2.45) is 0 Å².